The third-order valence-electron chi connectivity index (χ3n) is 11.9. The first-order valence-corrected chi connectivity index (χ1v) is 18.4. The Morgan fingerprint density at radius 3 is 0.981 bits per heavy atom. The van der Waals surface area contributed by atoms with Crippen molar-refractivity contribution in [3.8, 4) is 44.5 Å². The zero-order valence-electron chi connectivity index (χ0n) is 29.0. The fraction of sp³-hybridized carbons (Fsp3) is 0. The predicted octanol–water partition coefficient (Wildman–Crippen LogP) is 13.2. The summed E-state index contributed by atoms with van der Waals surface area (Å²) in [5.74, 6) is 0.176. The highest BCUT2D eigenvalue weighted by Crippen LogP contribution is 2.47. The van der Waals surface area contributed by atoms with Crippen molar-refractivity contribution in [2.24, 2.45) is 0 Å². The van der Waals surface area contributed by atoms with Crippen LogP contribution in [0.4, 0.5) is 0 Å². The van der Waals surface area contributed by atoms with Gasteiger partial charge in [0, 0.05) is 22.3 Å². The molecule has 0 saturated carbocycles. The van der Waals surface area contributed by atoms with Gasteiger partial charge in [-0.1, -0.05) is 146 Å². The quantitative estimate of drug-likeness (QED) is 0.170. The van der Waals surface area contributed by atoms with Crippen LogP contribution in [0.1, 0.15) is 31.8 Å². The van der Waals surface area contributed by atoms with Crippen molar-refractivity contribution >= 4 is 65.4 Å². The lowest BCUT2D eigenvalue weighted by Crippen LogP contribution is -1.95. The van der Waals surface area contributed by atoms with Gasteiger partial charge < -0.3 is 0 Å². The van der Waals surface area contributed by atoms with Gasteiger partial charge in [-0.25, -0.2) is 0 Å². The number of fused-ring (bicyclic) bond motifs is 17. The monoisotopic (exact) mass is 684 g/mol. The highest BCUT2D eigenvalue weighted by molar-refractivity contribution is 6.40. The van der Waals surface area contributed by atoms with Crippen LogP contribution in [0.25, 0.3) is 98.4 Å². The smallest absolute Gasteiger partial charge is 0.194 e. The topological polar surface area (TPSA) is 34.1 Å². The normalized spacial score (nSPS) is 12.9. The van der Waals surface area contributed by atoms with Gasteiger partial charge in [0.2, 0.25) is 0 Å². The Balaban J connectivity index is 1.13. The van der Waals surface area contributed by atoms with E-state index in [0.29, 0.717) is 0 Å². The molecule has 0 fully saturated rings. The van der Waals surface area contributed by atoms with Gasteiger partial charge in [0.15, 0.2) is 11.6 Å². The standard InChI is InChI=1S/C52H28O2/c53-51-43-15-7-3-11-35(43)39-23-19-31(27-47(39)51)29-17-21-37-33-9-1-5-13-41(33)49-46-26-30(18-22-38(46)34-10-2-6-14-42(34)50(49)45(37)25-29)32-20-24-40-36-12-4-8-16-44(36)52(54)48(40)28-32/h1-28H. The molecule has 54 heavy (non-hydrogen) atoms. The van der Waals surface area contributed by atoms with E-state index in [1.54, 1.807) is 0 Å². The fourth-order valence-electron chi connectivity index (χ4n) is 9.45. The summed E-state index contributed by atoms with van der Waals surface area (Å²) >= 11 is 0. The molecule has 0 N–H and O–H groups in total. The molecule has 0 aromatic heterocycles. The van der Waals surface area contributed by atoms with E-state index >= 15 is 0 Å². The number of rotatable bonds is 2. The van der Waals surface area contributed by atoms with Crippen molar-refractivity contribution in [2.75, 3.05) is 0 Å². The number of benzene rings is 10. The van der Waals surface area contributed by atoms with Crippen molar-refractivity contribution < 1.29 is 9.59 Å². The van der Waals surface area contributed by atoms with Crippen LogP contribution < -0.4 is 0 Å². The van der Waals surface area contributed by atoms with Gasteiger partial charge >= 0.3 is 0 Å². The number of hydrogen-bond acceptors (Lipinski definition) is 2. The minimum absolute atomic E-state index is 0.0882. The van der Waals surface area contributed by atoms with Crippen LogP contribution in [-0.4, -0.2) is 11.6 Å². The van der Waals surface area contributed by atoms with Crippen LogP contribution in [0.5, 0.6) is 0 Å². The van der Waals surface area contributed by atoms with Crippen LogP contribution >= 0.6 is 0 Å². The molecular weight excluding hydrogens is 657 g/mol. The first kappa shape index (κ1) is 29.4. The number of ketones is 2. The summed E-state index contributed by atoms with van der Waals surface area (Å²) in [5, 5.41) is 12.0. The van der Waals surface area contributed by atoms with Crippen molar-refractivity contribution in [2.45, 2.75) is 0 Å². The van der Waals surface area contributed by atoms with E-state index in [-0.39, 0.29) is 11.6 Å². The maximum Gasteiger partial charge on any atom is 0.194 e. The van der Waals surface area contributed by atoms with E-state index in [1.807, 2.05) is 48.5 Å². The van der Waals surface area contributed by atoms with E-state index in [1.165, 1.54) is 53.9 Å². The van der Waals surface area contributed by atoms with E-state index in [2.05, 4.69) is 121 Å². The Kier molecular flexibility index (Phi) is 5.83. The minimum atomic E-state index is 0.0882. The van der Waals surface area contributed by atoms with Crippen molar-refractivity contribution in [3.63, 3.8) is 0 Å². The van der Waals surface area contributed by atoms with Gasteiger partial charge in [-0.2, -0.15) is 0 Å². The average Bonchev–Trinajstić information content (AvgIpc) is 3.69. The molecule has 0 bridgehead atoms. The van der Waals surface area contributed by atoms with Gasteiger partial charge in [0.25, 0.3) is 0 Å². The highest BCUT2D eigenvalue weighted by atomic mass is 16.1. The minimum Gasteiger partial charge on any atom is -0.289 e. The zero-order valence-corrected chi connectivity index (χ0v) is 29.0. The van der Waals surface area contributed by atoms with Gasteiger partial charge in [0.05, 0.1) is 0 Å². The summed E-state index contributed by atoms with van der Waals surface area (Å²) in [7, 11) is 0. The summed E-state index contributed by atoms with van der Waals surface area (Å²) in [6.45, 7) is 0. The molecule has 0 aliphatic heterocycles. The molecule has 2 nitrogen and oxygen atoms in total. The lowest BCUT2D eigenvalue weighted by Gasteiger charge is -2.18. The Morgan fingerprint density at radius 1 is 0.222 bits per heavy atom. The van der Waals surface area contributed by atoms with Crippen molar-refractivity contribution in [1.82, 2.24) is 0 Å². The largest absolute Gasteiger partial charge is 0.289 e. The van der Waals surface area contributed by atoms with Crippen LogP contribution in [0.3, 0.4) is 0 Å². The maximum absolute atomic E-state index is 13.5. The van der Waals surface area contributed by atoms with Crippen LogP contribution in [-0.2, 0) is 0 Å². The number of carbonyl (C=O) groups is 2. The molecule has 0 radical (unpaired) electrons. The first-order valence-electron chi connectivity index (χ1n) is 18.4. The Labute approximate surface area is 310 Å². The maximum atomic E-state index is 13.5. The highest BCUT2D eigenvalue weighted by Gasteiger charge is 2.28. The molecule has 0 unspecified atom stereocenters. The van der Waals surface area contributed by atoms with E-state index in [0.717, 1.165) is 66.8 Å². The molecule has 0 amide bonds. The molecule has 0 saturated heterocycles. The molecule has 2 aliphatic carbocycles. The number of hydrogen-bond donors (Lipinski definition) is 0. The number of carbonyl (C=O) groups excluding carboxylic acids is 2. The molecule has 2 aliphatic rings. The van der Waals surface area contributed by atoms with Crippen molar-refractivity contribution in [1.29, 1.82) is 0 Å². The van der Waals surface area contributed by atoms with Crippen LogP contribution in [0, 0.1) is 0 Å². The molecule has 10 aromatic carbocycles. The first-order chi connectivity index (χ1) is 26.6. The predicted molar refractivity (Wildman–Crippen MR) is 223 cm³/mol. The van der Waals surface area contributed by atoms with Gasteiger partial charge in [-0.3, -0.25) is 9.59 Å². The van der Waals surface area contributed by atoms with Crippen molar-refractivity contribution in [3.05, 3.63) is 192 Å². The Hall–Kier alpha value is -7.16. The molecule has 10 aromatic rings. The Bertz CT molecular complexity index is 3140. The molecule has 12 rings (SSSR count). The zero-order chi connectivity index (χ0) is 35.7. The third-order valence-corrected chi connectivity index (χ3v) is 11.9. The Morgan fingerprint density at radius 2 is 0.537 bits per heavy atom. The molecule has 0 heterocycles. The molecule has 0 spiro atoms. The van der Waals surface area contributed by atoms with Gasteiger partial charge in [-0.05, 0) is 123 Å². The summed E-state index contributed by atoms with van der Waals surface area (Å²) in [5.41, 5.74) is 11.3. The summed E-state index contributed by atoms with van der Waals surface area (Å²) < 4.78 is 0. The average molecular weight is 685 g/mol. The van der Waals surface area contributed by atoms with Crippen LogP contribution in [0.15, 0.2) is 170 Å². The fourth-order valence-corrected chi connectivity index (χ4v) is 9.45. The molecule has 0 atom stereocenters. The lowest BCUT2D eigenvalue weighted by molar-refractivity contribution is 0.103. The van der Waals surface area contributed by atoms with Gasteiger partial charge in [-0.15, -0.1) is 0 Å². The van der Waals surface area contributed by atoms with Gasteiger partial charge in [0.1, 0.15) is 0 Å². The second-order valence-corrected chi connectivity index (χ2v) is 14.6. The lowest BCUT2D eigenvalue weighted by atomic mass is 9.85. The van der Waals surface area contributed by atoms with E-state index < -0.39 is 0 Å². The SMILES string of the molecule is O=C1c2ccccc2-c2ccc(-c3ccc4c5ccccc5c5c6cc(-c7ccc8c(c7)C(=O)c7ccccc7-8)ccc6c6ccccc6c5c4c3)cc21. The second kappa shape index (κ2) is 10.7. The van der Waals surface area contributed by atoms with E-state index in [4.69, 9.17) is 0 Å². The van der Waals surface area contributed by atoms with E-state index in [9.17, 15) is 9.59 Å². The molecular formula is C52H28O2. The molecule has 2 heteroatoms. The van der Waals surface area contributed by atoms with Crippen LogP contribution in [0.2, 0.25) is 0 Å². The second-order valence-electron chi connectivity index (χ2n) is 14.6. The molecule has 248 valence electrons. The summed E-state index contributed by atoms with van der Waals surface area (Å²) in [4.78, 5) is 27.0. The summed E-state index contributed by atoms with van der Waals surface area (Å²) in [6, 6.07) is 59.5. The third kappa shape index (κ3) is 3.89. The summed E-state index contributed by atoms with van der Waals surface area (Å²) in [6.07, 6.45) is 0.